The lowest BCUT2D eigenvalue weighted by Crippen LogP contribution is -2.29. The quantitative estimate of drug-likeness (QED) is 0.777. The lowest BCUT2D eigenvalue weighted by Gasteiger charge is -2.14. The zero-order valence-electron chi connectivity index (χ0n) is 8.90. The molecule has 1 aromatic rings. The molecule has 0 aliphatic heterocycles. The van der Waals surface area contributed by atoms with E-state index in [2.05, 4.69) is 10.3 Å². The van der Waals surface area contributed by atoms with Gasteiger partial charge in [-0.1, -0.05) is 18.1 Å². The molecule has 1 saturated carbocycles. The lowest BCUT2D eigenvalue weighted by atomic mass is 10.0. The van der Waals surface area contributed by atoms with Crippen molar-refractivity contribution in [2.45, 2.75) is 51.1 Å². The molecular weight excluding hydrogens is 176 g/mol. The maximum Gasteiger partial charge on any atom is 0.102 e. The zero-order valence-corrected chi connectivity index (χ0v) is 8.90. The van der Waals surface area contributed by atoms with Gasteiger partial charge in [0.25, 0.3) is 0 Å². The topological polar surface area (TPSA) is 56.7 Å². The van der Waals surface area contributed by atoms with Crippen molar-refractivity contribution in [3.63, 3.8) is 0 Å². The first-order valence-electron chi connectivity index (χ1n) is 5.28. The fraction of sp³-hybridized carbons (Fsp3) is 0.800. The Bertz CT molecular complexity index is 304. The highest BCUT2D eigenvalue weighted by Gasteiger charge is 2.22. The molecule has 2 N–H and O–H groups in total. The van der Waals surface area contributed by atoms with E-state index < -0.39 is 0 Å². The second-order valence-corrected chi connectivity index (χ2v) is 4.74. The minimum atomic E-state index is -0.378. The van der Waals surface area contributed by atoms with Crippen LogP contribution in [0.15, 0.2) is 6.20 Å². The van der Waals surface area contributed by atoms with E-state index >= 15 is 0 Å². The molecule has 4 nitrogen and oxygen atoms in total. The van der Waals surface area contributed by atoms with Crippen molar-refractivity contribution >= 4 is 0 Å². The molecule has 0 radical (unpaired) electrons. The first-order chi connectivity index (χ1) is 6.57. The van der Waals surface area contributed by atoms with Gasteiger partial charge in [0.05, 0.1) is 17.8 Å². The second-order valence-electron chi connectivity index (χ2n) is 4.74. The van der Waals surface area contributed by atoms with Gasteiger partial charge in [-0.3, -0.25) is 0 Å². The van der Waals surface area contributed by atoms with Gasteiger partial charge in [-0.2, -0.15) is 0 Å². The number of nitrogens with zero attached hydrogens (tertiary/aromatic N) is 3. The monoisotopic (exact) mass is 194 g/mol. The molecule has 2 rings (SSSR count). The van der Waals surface area contributed by atoms with Crippen molar-refractivity contribution < 1.29 is 0 Å². The van der Waals surface area contributed by atoms with Crippen LogP contribution in [-0.2, 0) is 5.54 Å². The van der Waals surface area contributed by atoms with Crippen molar-refractivity contribution in [1.82, 2.24) is 15.0 Å². The van der Waals surface area contributed by atoms with Gasteiger partial charge in [0.2, 0.25) is 0 Å². The van der Waals surface area contributed by atoms with Crippen LogP contribution in [0.2, 0.25) is 0 Å². The lowest BCUT2D eigenvalue weighted by molar-refractivity contribution is 0.454. The van der Waals surface area contributed by atoms with Crippen LogP contribution in [0.5, 0.6) is 0 Å². The standard InChI is InChI=1S/C10H18N4/c1-10(2,11)9-7-14(13-12-9)8-5-3-4-6-8/h7-8H,3-6,11H2,1-2H3. The average Bonchev–Trinajstić information content (AvgIpc) is 2.73. The third-order valence-corrected chi connectivity index (χ3v) is 2.87. The van der Waals surface area contributed by atoms with Gasteiger partial charge < -0.3 is 5.73 Å². The van der Waals surface area contributed by atoms with E-state index in [4.69, 9.17) is 5.73 Å². The number of hydrogen-bond donors (Lipinski definition) is 1. The van der Waals surface area contributed by atoms with Crippen LogP contribution < -0.4 is 5.73 Å². The molecule has 1 fully saturated rings. The minimum absolute atomic E-state index is 0.378. The molecule has 4 heteroatoms. The molecule has 1 heterocycles. The highest BCUT2D eigenvalue weighted by molar-refractivity contribution is 5.06. The Hall–Kier alpha value is -0.900. The molecule has 0 bridgehead atoms. The highest BCUT2D eigenvalue weighted by atomic mass is 15.4. The van der Waals surface area contributed by atoms with Crippen LogP contribution in [0, 0.1) is 0 Å². The molecule has 0 saturated heterocycles. The smallest absolute Gasteiger partial charge is 0.102 e. The molecule has 0 amide bonds. The van der Waals surface area contributed by atoms with E-state index in [1.54, 1.807) is 0 Å². The average molecular weight is 194 g/mol. The summed E-state index contributed by atoms with van der Waals surface area (Å²) in [6.07, 6.45) is 7.08. The first kappa shape index (κ1) is 9.65. The molecule has 0 unspecified atom stereocenters. The van der Waals surface area contributed by atoms with Gasteiger partial charge in [0.1, 0.15) is 5.69 Å². The van der Waals surface area contributed by atoms with E-state index in [-0.39, 0.29) is 5.54 Å². The van der Waals surface area contributed by atoms with Gasteiger partial charge in [0, 0.05) is 0 Å². The number of nitrogens with two attached hydrogens (primary N) is 1. The fourth-order valence-electron chi connectivity index (χ4n) is 1.92. The summed E-state index contributed by atoms with van der Waals surface area (Å²) >= 11 is 0. The Labute approximate surface area is 84.5 Å². The van der Waals surface area contributed by atoms with E-state index in [0.717, 1.165) is 5.69 Å². The van der Waals surface area contributed by atoms with E-state index in [1.165, 1.54) is 25.7 Å². The number of hydrogen-bond acceptors (Lipinski definition) is 3. The summed E-state index contributed by atoms with van der Waals surface area (Å²) < 4.78 is 1.98. The van der Waals surface area contributed by atoms with Gasteiger partial charge >= 0.3 is 0 Å². The summed E-state index contributed by atoms with van der Waals surface area (Å²) in [4.78, 5) is 0. The molecule has 78 valence electrons. The normalized spacial score (nSPS) is 19.1. The molecule has 0 aromatic carbocycles. The molecule has 14 heavy (non-hydrogen) atoms. The summed E-state index contributed by atoms with van der Waals surface area (Å²) in [7, 11) is 0. The van der Waals surface area contributed by atoms with Crippen LogP contribution in [-0.4, -0.2) is 15.0 Å². The minimum Gasteiger partial charge on any atom is -0.320 e. The Kier molecular flexibility index (Phi) is 2.31. The summed E-state index contributed by atoms with van der Waals surface area (Å²) in [5, 5.41) is 8.27. The largest absolute Gasteiger partial charge is 0.320 e. The summed E-state index contributed by atoms with van der Waals surface area (Å²) in [5.74, 6) is 0. The highest BCUT2D eigenvalue weighted by Crippen LogP contribution is 2.29. The summed E-state index contributed by atoms with van der Waals surface area (Å²) in [5.41, 5.74) is 6.45. The van der Waals surface area contributed by atoms with Gasteiger partial charge in [-0.15, -0.1) is 5.10 Å². The van der Waals surface area contributed by atoms with Crippen LogP contribution >= 0.6 is 0 Å². The zero-order chi connectivity index (χ0) is 10.2. The third-order valence-electron chi connectivity index (χ3n) is 2.87. The molecule has 1 aromatic heterocycles. The van der Waals surface area contributed by atoms with Gasteiger partial charge in [-0.05, 0) is 26.7 Å². The maximum atomic E-state index is 5.95. The predicted octanol–water partition coefficient (Wildman–Crippen LogP) is 1.59. The molecule has 0 atom stereocenters. The number of aromatic nitrogens is 3. The van der Waals surface area contributed by atoms with E-state index in [1.807, 2.05) is 24.7 Å². The SMILES string of the molecule is CC(C)(N)c1cn(C2CCCC2)nn1. The van der Waals surface area contributed by atoms with E-state index in [9.17, 15) is 0 Å². The molecule has 0 spiro atoms. The Morgan fingerprint density at radius 1 is 1.43 bits per heavy atom. The molecule has 1 aliphatic carbocycles. The van der Waals surface area contributed by atoms with Crippen molar-refractivity contribution in [2.24, 2.45) is 5.73 Å². The summed E-state index contributed by atoms with van der Waals surface area (Å²) in [6.45, 7) is 3.91. The second kappa shape index (κ2) is 3.35. The third kappa shape index (κ3) is 1.80. The summed E-state index contributed by atoms with van der Waals surface area (Å²) in [6, 6.07) is 0.554. The fourth-order valence-corrected chi connectivity index (χ4v) is 1.92. The molecular formula is C10H18N4. The first-order valence-corrected chi connectivity index (χ1v) is 5.28. The predicted molar refractivity (Wildman–Crippen MR) is 54.7 cm³/mol. The Morgan fingerprint density at radius 3 is 2.57 bits per heavy atom. The van der Waals surface area contributed by atoms with Crippen molar-refractivity contribution in [1.29, 1.82) is 0 Å². The van der Waals surface area contributed by atoms with Crippen molar-refractivity contribution in [2.75, 3.05) is 0 Å². The van der Waals surface area contributed by atoms with Crippen LogP contribution in [0.1, 0.15) is 51.3 Å². The van der Waals surface area contributed by atoms with E-state index in [0.29, 0.717) is 6.04 Å². The van der Waals surface area contributed by atoms with Crippen LogP contribution in [0.3, 0.4) is 0 Å². The Morgan fingerprint density at radius 2 is 2.07 bits per heavy atom. The van der Waals surface area contributed by atoms with Gasteiger partial charge in [0.15, 0.2) is 0 Å². The van der Waals surface area contributed by atoms with Crippen LogP contribution in [0.4, 0.5) is 0 Å². The molecule has 1 aliphatic rings. The Balaban J connectivity index is 2.17. The van der Waals surface area contributed by atoms with Gasteiger partial charge in [-0.25, -0.2) is 4.68 Å². The van der Waals surface area contributed by atoms with Crippen molar-refractivity contribution in [3.05, 3.63) is 11.9 Å². The van der Waals surface area contributed by atoms with Crippen molar-refractivity contribution in [3.8, 4) is 0 Å². The van der Waals surface area contributed by atoms with Crippen LogP contribution in [0.25, 0.3) is 0 Å². The number of rotatable bonds is 2. The maximum absolute atomic E-state index is 5.95.